The molecule has 2 aromatic heterocycles. The Balaban J connectivity index is 1.92. The lowest BCUT2D eigenvalue weighted by molar-refractivity contribution is 1.18. The molecule has 0 radical (unpaired) electrons. The third kappa shape index (κ3) is 1.96. The van der Waals surface area contributed by atoms with Gasteiger partial charge in [0.1, 0.15) is 0 Å². The van der Waals surface area contributed by atoms with Gasteiger partial charge in [-0.2, -0.15) is 0 Å². The molecule has 2 nitrogen and oxygen atoms in total. The van der Waals surface area contributed by atoms with Gasteiger partial charge in [-0.1, -0.05) is 60.1 Å². The Labute approximate surface area is 160 Å². The van der Waals surface area contributed by atoms with Crippen LogP contribution in [0.25, 0.3) is 49.3 Å². The summed E-state index contributed by atoms with van der Waals surface area (Å²) in [6, 6.07) is 29.4. The van der Waals surface area contributed by atoms with Gasteiger partial charge in [0.25, 0.3) is 0 Å². The maximum Gasteiger partial charge on any atom is 0.0648 e. The molecule has 27 heavy (non-hydrogen) atoms. The van der Waals surface area contributed by atoms with Crippen molar-refractivity contribution in [2.24, 2.45) is 0 Å². The fourth-order valence-corrected chi connectivity index (χ4v) is 4.51. The van der Waals surface area contributed by atoms with Crippen LogP contribution < -0.4 is 0 Å². The molecule has 6 aromatic rings. The van der Waals surface area contributed by atoms with Crippen molar-refractivity contribution in [1.29, 1.82) is 0 Å². The number of hydrogen-bond acceptors (Lipinski definition) is 0. The number of H-pyrrole nitrogens is 1. The van der Waals surface area contributed by atoms with Crippen LogP contribution in [0.1, 0.15) is 0 Å². The number of rotatable bonds is 1. The van der Waals surface area contributed by atoms with Crippen LogP contribution >= 0.6 is 11.6 Å². The number of benzene rings is 4. The first-order chi connectivity index (χ1) is 13.3. The topological polar surface area (TPSA) is 20.7 Å². The van der Waals surface area contributed by atoms with Gasteiger partial charge in [0.05, 0.1) is 21.7 Å². The summed E-state index contributed by atoms with van der Waals surface area (Å²) in [5.74, 6) is 0. The van der Waals surface area contributed by atoms with Gasteiger partial charge in [-0.3, -0.25) is 0 Å². The molecule has 3 heteroatoms. The zero-order chi connectivity index (χ0) is 18.0. The van der Waals surface area contributed by atoms with Crippen molar-refractivity contribution in [2.45, 2.75) is 0 Å². The summed E-state index contributed by atoms with van der Waals surface area (Å²) < 4.78 is 2.27. The summed E-state index contributed by atoms with van der Waals surface area (Å²) in [6.07, 6.45) is 0. The molecule has 2 heterocycles. The van der Waals surface area contributed by atoms with E-state index in [0.29, 0.717) is 0 Å². The molecule has 6 rings (SSSR count). The fraction of sp³-hybridized carbons (Fsp3) is 0. The second-order valence-electron chi connectivity index (χ2n) is 6.86. The Morgan fingerprint density at radius 3 is 2.22 bits per heavy atom. The molecule has 0 unspecified atom stereocenters. The first-order valence-corrected chi connectivity index (χ1v) is 9.38. The molecule has 0 spiro atoms. The molecule has 1 N–H and O–H groups in total. The smallest absolute Gasteiger partial charge is 0.0648 e. The van der Waals surface area contributed by atoms with E-state index < -0.39 is 0 Å². The number of fused-ring (bicyclic) bond motifs is 7. The number of nitrogens with one attached hydrogen (secondary N) is 1. The van der Waals surface area contributed by atoms with Crippen molar-refractivity contribution in [3.8, 4) is 5.69 Å². The lowest BCUT2D eigenvalue weighted by Gasteiger charge is -2.09. The summed E-state index contributed by atoms with van der Waals surface area (Å²) in [7, 11) is 0. The lowest BCUT2D eigenvalue weighted by Crippen LogP contribution is -1.94. The van der Waals surface area contributed by atoms with Gasteiger partial charge in [-0.05, 0) is 36.4 Å². The van der Waals surface area contributed by atoms with Crippen LogP contribution in [-0.2, 0) is 0 Å². The molecule has 0 bridgehead atoms. The van der Waals surface area contributed by atoms with E-state index in [-0.39, 0.29) is 0 Å². The number of halogens is 1. The molecule has 0 saturated heterocycles. The second-order valence-corrected chi connectivity index (χ2v) is 7.26. The van der Waals surface area contributed by atoms with E-state index in [1.165, 1.54) is 32.6 Å². The predicted octanol–water partition coefficient (Wildman–Crippen LogP) is 7.07. The zero-order valence-electron chi connectivity index (χ0n) is 14.4. The van der Waals surface area contributed by atoms with Crippen molar-refractivity contribution < 1.29 is 0 Å². The number of aromatic amines is 1. The quantitative estimate of drug-likeness (QED) is 0.321. The van der Waals surface area contributed by atoms with Crippen LogP contribution in [0.3, 0.4) is 0 Å². The van der Waals surface area contributed by atoms with E-state index in [4.69, 9.17) is 11.6 Å². The van der Waals surface area contributed by atoms with Crippen LogP contribution in [0, 0.1) is 0 Å². The molecule has 4 aromatic carbocycles. The van der Waals surface area contributed by atoms with E-state index in [0.717, 1.165) is 21.7 Å². The van der Waals surface area contributed by atoms with Crippen LogP contribution in [0.2, 0.25) is 5.02 Å². The first kappa shape index (κ1) is 14.9. The van der Waals surface area contributed by atoms with Gasteiger partial charge in [0.2, 0.25) is 0 Å². The summed E-state index contributed by atoms with van der Waals surface area (Å²) in [5, 5.41) is 5.77. The highest BCUT2D eigenvalue weighted by atomic mass is 35.5. The molecule has 0 aliphatic carbocycles. The zero-order valence-corrected chi connectivity index (χ0v) is 15.2. The summed E-state index contributed by atoms with van der Waals surface area (Å²) in [6.45, 7) is 0. The van der Waals surface area contributed by atoms with Crippen LogP contribution in [0.5, 0.6) is 0 Å². The Kier molecular flexibility index (Phi) is 2.97. The largest absolute Gasteiger partial charge is 0.354 e. The van der Waals surface area contributed by atoms with Crippen molar-refractivity contribution in [3.63, 3.8) is 0 Å². The molecule has 0 aliphatic heterocycles. The Bertz CT molecular complexity index is 1490. The van der Waals surface area contributed by atoms with Crippen molar-refractivity contribution in [1.82, 2.24) is 9.55 Å². The highest BCUT2D eigenvalue weighted by molar-refractivity contribution is 6.33. The Morgan fingerprint density at radius 2 is 1.33 bits per heavy atom. The SMILES string of the molecule is Clc1ccccc1-n1c2ccccc2c2c3c(ccc21)[nH]c1ccccc13. The van der Waals surface area contributed by atoms with Crippen molar-refractivity contribution >= 4 is 55.2 Å². The highest BCUT2D eigenvalue weighted by Crippen LogP contribution is 2.40. The standard InChI is InChI=1S/C24H15ClN2/c25-17-9-3-6-12-21(17)27-20-11-5-2-8-16(20)24-22(27)14-13-19-23(24)15-7-1-4-10-18(15)26-19/h1-14,26H. The Morgan fingerprint density at radius 1 is 0.593 bits per heavy atom. The van der Waals surface area contributed by atoms with Crippen molar-refractivity contribution in [2.75, 3.05) is 0 Å². The minimum atomic E-state index is 0.749. The lowest BCUT2D eigenvalue weighted by atomic mass is 10.1. The molecular formula is C24H15ClN2. The monoisotopic (exact) mass is 366 g/mol. The molecule has 0 saturated carbocycles. The van der Waals surface area contributed by atoms with Gasteiger partial charge >= 0.3 is 0 Å². The molecule has 0 amide bonds. The first-order valence-electron chi connectivity index (χ1n) is 9.00. The van der Waals surface area contributed by atoms with Crippen LogP contribution in [-0.4, -0.2) is 9.55 Å². The van der Waals surface area contributed by atoms with Gasteiger partial charge in [0.15, 0.2) is 0 Å². The van der Waals surface area contributed by atoms with E-state index >= 15 is 0 Å². The van der Waals surface area contributed by atoms with E-state index in [9.17, 15) is 0 Å². The Hall–Kier alpha value is -3.23. The van der Waals surface area contributed by atoms with Gasteiger partial charge < -0.3 is 9.55 Å². The second kappa shape index (κ2) is 5.38. The summed E-state index contributed by atoms with van der Waals surface area (Å²) in [5.41, 5.74) is 5.66. The average molecular weight is 367 g/mol. The van der Waals surface area contributed by atoms with E-state index in [1.807, 2.05) is 18.2 Å². The molecule has 0 aliphatic rings. The maximum atomic E-state index is 6.58. The van der Waals surface area contributed by atoms with Crippen molar-refractivity contribution in [3.05, 3.63) is 90.0 Å². The number of aromatic nitrogens is 2. The minimum absolute atomic E-state index is 0.749. The van der Waals surface area contributed by atoms with Gasteiger partial charge in [-0.25, -0.2) is 0 Å². The number of para-hydroxylation sites is 3. The molecule has 0 fully saturated rings. The third-order valence-electron chi connectivity index (χ3n) is 5.40. The molecular weight excluding hydrogens is 352 g/mol. The van der Waals surface area contributed by atoms with Gasteiger partial charge in [-0.15, -0.1) is 0 Å². The minimum Gasteiger partial charge on any atom is -0.354 e. The predicted molar refractivity (Wildman–Crippen MR) is 115 cm³/mol. The molecule has 0 atom stereocenters. The number of hydrogen-bond donors (Lipinski definition) is 1. The van der Waals surface area contributed by atoms with Gasteiger partial charge in [0, 0.05) is 32.6 Å². The van der Waals surface area contributed by atoms with E-state index in [2.05, 4.69) is 76.3 Å². The normalized spacial score (nSPS) is 11.9. The fourth-order valence-electron chi connectivity index (χ4n) is 4.29. The van der Waals surface area contributed by atoms with E-state index in [1.54, 1.807) is 0 Å². The summed E-state index contributed by atoms with van der Waals surface area (Å²) >= 11 is 6.58. The number of nitrogens with zero attached hydrogens (tertiary/aromatic N) is 1. The van der Waals surface area contributed by atoms with Crippen LogP contribution in [0.4, 0.5) is 0 Å². The third-order valence-corrected chi connectivity index (χ3v) is 5.72. The summed E-state index contributed by atoms with van der Waals surface area (Å²) in [4.78, 5) is 3.56. The average Bonchev–Trinajstić information content (AvgIpc) is 3.24. The maximum absolute atomic E-state index is 6.58. The highest BCUT2D eigenvalue weighted by Gasteiger charge is 2.17. The molecule has 128 valence electrons. The van der Waals surface area contributed by atoms with Crippen LogP contribution in [0.15, 0.2) is 84.9 Å².